The molecule has 150 valence electrons. The van der Waals surface area contributed by atoms with Crippen molar-refractivity contribution in [3.63, 3.8) is 0 Å². The molecule has 0 radical (unpaired) electrons. The number of amides is 1. The van der Waals surface area contributed by atoms with E-state index in [0.29, 0.717) is 23.6 Å². The maximum Gasteiger partial charge on any atom is 0.343 e. The third kappa shape index (κ3) is 5.64. The lowest BCUT2D eigenvalue weighted by Gasteiger charge is -2.27. The topological polar surface area (TPSA) is 77.1 Å². The van der Waals surface area contributed by atoms with Crippen LogP contribution in [0, 0.1) is 0 Å². The van der Waals surface area contributed by atoms with E-state index in [-0.39, 0.29) is 18.6 Å². The smallest absolute Gasteiger partial charge is 0.343 e. The number of likely N-dealkylation sites (N-methyl/N-ethyl adjacent to an activating group) is 1. The molecule has 0 fully saturated rings. The molecular weight excluding hydrogens is 360 g/mol. The third-order valence-electron chi connectivity index (χ3n) is 4.38. The molecule has 1 N–H and O–H groups in total. The molecule has 0 spiro atoms. The molecular formula is C21H26N2O5. The molecule has 0 aliphatic heterocycles. The number of ether oxygens (including phenoxy) is 3. The van der Waals surface area contributed by atoms with E-state index >= 15 is 0 Å². The van der Waals surface area contributed by atoms with E-state index in [9.17, 15) is 9.59 Å². The Kier molecular flexibility index (Phi) is 7.68. The second kappa shape index (κ2) is 10.2. The van der Waals surface area contributed by atoms with Crippen molar-refractivity contribution >= 4 is 17.6 Å². The number of anilines is 1. The lowest BCUT2D eigenvalue weighted by Crippen LogP contribution is -2.40. The molecule has 0 bridgehead atoms. The highest BCUT2D eigenvalue weighted by molar-refractivity contribution is 5.95. The summed E-state index contributed by atoms with van der Waals surface area (Å²) in [6.45, 7) is 2.28. The lowest BCUT2D eigenvalue weighted by atomic mass is 10.1. The molecule has 0 saturated heterocycles. The van der Waals surface area contributed by atoms with Crippen molar-refractivity contribution < 1.29 is 23.8 Å². The summed E-state index contributed by atoms with van der Waals surface area (Å²) in [5, 5.41) is 2.93. The standard InChI is InChI=1S/C21H26N2O5/c1-15(23(2)17-8-6-5-7-9-17)13-22-21(25)16-10-11-18(19(12-16)26-3)28-14-20(24)27-4/h5-12,15H,13-14H2,1-4H3,(H,22,25). The van der Waals surface area contributed by atoms with Gasteiger partial charge < -0.3 is 24.4 Å². The summed E-state index contributed by atoms with van der Waals surface area (Å²) in [6, 6.07) is 14.9. The van der Waals surface area contributed by atoms with E-state index in [1.54, 1.807) is 18.2 Å². The Bertz CT molecular complexity index is 795. The first-order valence-electron chi connectivity index (χ1n) is 8.90. The van der Waals surface area contributed by atoms with Crippen LogP contribution in [0.3, 0.4) is 0 Å². The van der Waals surface area contributed by atoms with Crippen LogP contribution in [-0.2, 0) is 9.53 Å². The first-order chi connectivity index (χ1) is 13.5. The van der Waals surface area contributed by atoms with Gasteiger partial charge in [0.2, 0.25) is 0 Å². The van der Waals surface area contributed by atoms with Crippen LogP contribution in [-0.4, -0.2) is 52.3 Å². The minimum absolute atomic E-state index is 0.107. The summed E-state index contributed by atoms with van der Waals surface area (Å²) in [7, 11) is 4.74. The van der Waals surface area contributed by atoms with Gasteiger partial charge in [0.05, 0.1) is 14.2 Å². The minimum Gasteiger partial charge on any atom is -0.493 e. The predicted molar refractivity (Wildman–Crippen MR) is 107 cm³/mol. The highest BCUT2D eigenvalue weighted by atomic mass is 16.6. The van der Waals surface area contributed by atoms with E-state index in [2.05, 4.69) is 15.0 Å². The van der Waals surface area contributed by atoms with Gasteiger partial charge in [-0.05, 0) is 37.3 Å². The van der Waals surface area contributed by atoms with Crippen molar-refractivity contribution in [2.24, 2.45) is 0 Å². The zero-order chi connectivity index (χ0) is 20.5. The van der Waals surface area contributed by atoms with Gasteiger partial charge in [0.1, 0.15) is 0 Å². The van der Waals surface area contributed by atoms with Crippen molar-refractivity contribution in [1.82, 2.24) is 5.32 Å². The van der Waals surface area contributed by atoms with E-state index in [0.717, 1.165) is 5.69 Å². The predicted octanol–water partition coefficient (Wildman–Crippen LogP) is 2.50. The first kappa shape index (κ1) is 21.1. The number of para-hydroxylation sites is 1. The van der Waals surface area contributed by atoms with Crippen LogP contribution in [0.5, 0.6) is 11.5 Å². The summed E-state index contributed by atoms with van der Waals surface area (Å²) in [5.74, 6) is 0.0131. The summed E-state index contributed by atoms with van der Waals surface area (Å²) < 4.78 is 15.2. The van der Waals surface area contributed by atoms with Crippen molar-refractivity contribution in [2.75, 3.05) is 39.3 Å². The van der Waals surface area contributed by atoms with Crippen LogP contribution in [0.15, 0.2) is 48.5 Å². The number of benzene rings is 2. The van der Waals surface area contributed by atoms with Crippen LogP contribution in [0.25, 0.3) is 0 Å². The monoisotopic (exact) mass is 386 g/mol. The molecule has 2 aromatic rings. The molecule has 2 aromatic carbocycles. The Morgan fingerprint density at radius 3 is 2.43 bits per heavy atom. The molecule has 7 nitrogen and oxygen atoms in total. The highest BCUT2D eigenvalue weighted by Gasteiger charge is 2.15. The molecule has 28 heavy (non-hydrogen) atoms. The van der Waals surface area contributed by atoms with Crippen LogP contribution < -0.4 is 19.7 Å². The molecule has 0 aliphatic rings. The minimum atomic E-state index is -0.500. The Balaban J connectivity index is 1.97. The van der Waals surface area contributed by atoms with Crippen LogP contribution in [0.2, 0.25) is 0 Å². The zero-order valence-electron chi connectivity index (χ0n) is 16.6. The number of methoxy groups -OCH3 is 2. The van der Waals surface area contributed by atoms with Crippen molar-refractivity contribution in [3.05, 3.63) is 54.1 Å². The summed E-state index contributed by atoms with van der Waals surface area (Å²) >= 11 is 0. The number of hydrogen-bond acceptors (Lipinski definition) is 6. The van der Waals surface area contributed by atoms with Gasteiger partial charge in [0, 0.05) is 30.9 Å². The zero-order valence-corrected chi connectivity index (χ0v) is 16.6. The van der Waals surface area contributed by atoms with Crippen LogP contribution in [0.4, 0.5) is 5.69 Å². The third-order valence-corrected chi connectivity index (χ3v) is 4.38. The van der Waals surface area contributed by atoms with Crippen molar-refractivity contribution in [1.29, 1.82) is 0 Å². The van der Waals surface area contributed by atoms with Crippen LogP contribution >= 0.6 is 0 Å². The number of nitrogens with one attached hydrogen (secondary N) is 1. The fraction of sp³-hybridized carbons (Fsp3) is 0.333. The number of carbonyl (C=O) groups is 2. The number of rotatable bonds is 9. The average Bonchev–Trinajstić information content (AvgIpc) is 2.75. The van der Waals surface area contributed by atoms with Gasteiger partial charge in [-0.3, -0.25) is 4.79 Å². The van der Waals surface area contributed by atoms with E-state index < -0.39 is 5.97 Å². The fourth-order valence-electron chi connectivity index (χ4n) is 2.52. The Labute approximate surface area is 165 Å². The molecule has 0 aliphatic carbocycles. The molecule has 2 rings (SSSR count). The molecule has 0 saturated carbocycles. The van der Waals surface area contributed by atoms with Gasteiger partial charge in [-0.2, -0.15) is 0 Å². The highest BCUT2D eigenvalue weighted by Crippen LogP contribution is 2.28. The van der Waals surface area contributed by atoms with Crippen molar-refractivity contribution in [3.8, 4) is 11.5 Å². The SMILES string of the molecule is COC(=O)COc1ccc(C(=O)NCC(C)N(C)c2ccccc2)cc1OC. The lowest BCUT2D eigenvalue weighted by molar-refractivity contribution is -0.142. The summed E-state index contributed by atoms with van der Waals surface area (Å²) in [5.41, 5.74) is 1.52. The maximum absolute atomic E-state index is 12.5. The van der Waals surface area contributed by atoms with Gasteiger partial charge in [0.15, 0.2) is 18.1 Å². The van der Waals surface area contributed by atoms with Gasteiger partial charge in [-0.15, -0.1) is 0 Å². The summed E-state index contributed by atoms with van der Waals surface area (Å²) in [6.07, 6.45) is 0. The normalized spacial score (nSPS) is 11.3. The van der Waals surface area contributed by atoms with Gasteiger partial charge in [-0.1, -0.05) is 18.2 Å². The molecule has 1 unspecified atom stereocenters. The molecule has 1 amide bonds. The van der Waals surface area contributed by atoms with E-state index in [4.69, 9.17) is 9.47 Å². The average molecular weight is 386 g/mol. The first-order valence-corrected chi connectivity index (χ1v) is 8.90. The number of nitrogens with zero attached hydrogens (tertiary/aromatic N) is 1. The van der Waals surface area contributed by atoms with Gasteiger partial charge >= 0.3 is 5.97 Å². The maximum atomic E-state index is 12.5. The molecule has 7 heteroatoms. The molecule has 1 atom stereocenters. The number of esters is 1. The number of carbonyl (C=O) groups excluding carboxylic acids is 2. The number of hydrogen-bond donors (Lipinski definition) is 1. The second-order valence-electron chi connectivity index (χ2n) is 6.24. The molecule has 0 aromatic heterocycles. The summed E-state index contributed by atoms with van der Waals surface area (Å²) in [4.78, 5) is 25.8. The molecule has 0 heterocycles. The Morgan fingerprint density at radius 1 is 1.07 bits per heavy atom. The van der Waals surface area contributed by atoms with Gasteiger partial charge in [-0.25, -0.2) is 4.79 Å². The second-order valence-corrected chi connectivity index (χ2v) is 6.24. The van der Waals surface area contributed by atoms with Crippen LogP contribution in [0.1, 0.15) is 17.3 Å². The van der Waals surface area contributed by atoms with E-state index in [1.807, 2.05) is 44.3 Å². The Hall–Kier alpha value is -3.22. The fourth-order valence-corrected chi connectivity index (χ4v) is 2.52. The van der Waals surface area contributed by atoms with E-state index in [1.165, 1.54) is 14.2 Å². The van der Waals surface area contributed by atoms with Gasteiger partial charge in [0.25, 0.3) is 5.91 Å². The quantitative estimate of drug-likeness (QED) is 0.668. The Morgan fingerprint density at radius 2 is 1.79 bits per heavy atom. The van der Waals surface area contributed by atoms with Crippen molar-refractivity contribution in [2.45, 2.75) is 13.0 Å². The largest absolute Gasteiger partial charge is 0.493 e.